The molecule has 0 saturated heterocycles. The lowest BCUT2D eigenvalue weighted by atomic mass is 10.5. The van der Waals surface area contributed by atoms with E-state index in [1.54, 1.807) is 7.11 Å². The summed E-state index contributed by atoms with van der Waals surface area (Å²) in [6.45, 7) is 0.839. The van der Waals surface area contributed by atoms with Crippen LogP contribution in [0.3, 0.4) is 0 Å². The fourth-order valence-electron chi connectivity index (χ4n) is 0.907. The second kappa shape index (κ2) is 4.20. The molecule has 0 atom stereocenters. The van der Waals surface area contributed by atoms with Crippen molar-refractivity contribution in [2.75, 3.05) is 13.7 Å². The number of methoxy groups -OCH3 is 1. The van der Waals surface area contributed by atoms with Gasteiger partial charge in [0.25, 0.3) is 5.56 Å². The lowest BCUT2D eigenvalue weighted by molar-refractivity contribution is 0.182. The summed E-state index contributed by atoms with van der Waals surface area (Å²) >= 11 is 4.83. The average molecular weight is 202 g/mol. The van der Waals surface area contributed by atoms with E-state index in [4.69, 9.17) is 17.0 Å². The van der Waals surface area contributed by atoms with E-state index in [0.717, 1.165) is 6.07 Å². The van der Waals surface area contributed by atoms with Crippen molar-refractivity contribution in [1.29, 1.82) is 0 Å². The monoisotopic (exact) mass is 202 g/mol. The lowest BCUT2D eigenvalue weighted by Crippen LogP contribution is -2.14. The predicted molar refractivity (Wildman–Crippen MR) is 49.4 cm³/mol. The third-order valence-electron chi connectivity index (χ3n) is 1.53. The van der Waals surface area contributed by atoms with Crippen LogP contribution in [0.1, 0.15) is 0 Å². The van der Waals surface area contributed by atoms with Gasteiger partial charge < -0.3 is 9.84 Å². The van der Waals surface area contributed by atoms with Gasteiger partial charge in [-0.05, 0) is 12.2 Å². The van der Waals surface area contributed by atoms with Gasteiger partial charge in [0.1, 0.15) is 0 Å². The van der Waals surface area contributed by atoms with Gasteiger partial charge >= 0.3 is 0 Å². The van der Waals surface area contributed by atoms with Crippen LogP contribution in [-0.2, 0) is 11.3 Å². The molecule has 72 valence electrons. The first kappa shape index (κ1) is 9.94. The molecule has 0 aliphatic heterocycles. The summed E-state index contributed by atoms with van der Waals surface area (Å²) in [7, 11) is 1.55. The van der Waals surface area contributed by atoms with Gasteiger partial charge in [-0.3, -0.25) is 14.3 Å². The van der Waals surface area contributed by atoms with Gasteiger partial charge in [-0.15, -0.1) is 0 Å². The Hall–Kier alpha value is -1.14. The van der Waals surface area contributed by atoms with Crippen molar-refractivity contribution in [3.05, 3.63) is 21.2 Å². The smallest absolute Gasteiger partial charge is 0.255 e. The Kier molecular flexibility index (Phi) is 3.21. The van der Waals surface area contributed by atoms with Gasteiger partial charge in [-0.1, -0.05) is 0 Å². The highest BCUT2D eigenvalue weighted by atomic mass is 32.1. The summed E-state index contributed by atoms with van der Waals surface area (Å²) in [4.78, 5) is 13.2. The van der Waals surface area contributed by atoms with Gasteiger partial charge in [-0.25, -0.2) is 0 Å². The summed E-state index contributed by atoms with van der Waals surface area (Å²) in [5, 5.41) is 9.32. The molecule has 0 aliphatic rings. The standard InChI is InChI=1S/C7H10N2O3S/c1-12-3-2-9-6(11)4-5(10)8-7(9)13/h4,11H,2-3H2,1H3,(H,8,10,13). The zero-order valence-corrected chi connectivity index (χ0v) is 7.93. The molecule has 0 amide bonds. The summed E-state index contributed by atoms with van der Waals surface area (Å²) in [6, 6.07) is 1.07. The van der Waals surface area contributed by atoms with E-state index in [9.17, 15) is 9.90 Å². The Bertz CT molecular complexity index is 395. The normalized spacial score (nSPS) is 10.2. The van der Waals surface area contributed by atoms with Gasteiger partial charge in [0.15, 0.2) is 10.7 Å². The third-order valence-corrected chi connectivity index (χ3v) is 1.85. The number of rotatable bonds is 3. The fraction of sp³-hybridized carbons (Fsp3) is 0.429. The van der Waals surface area contributed by atoms with Crippen LogP contribution in [0.2, 0.25) is 0 Å². The number of aromatic amines is 1. The molecule has 1 aromatic rings. The lowest BCUT2D eigenvalue weighted by Gasteiger charge is -2.07. The van der Waals surface area contributed by atoms with Crippen molar-refractivity contribution in [3.63, 3.8) is 0 Å². The summed E-state index contributed by atoms with van der Waals surface area (Å²) < 4.78 is 6.40. The van der Waals surface area contributed by atoms with Crippen LogP contribution in [0.5, 0.6) is 5.88 Å². The van der Waals surface area contributed by atoms with Crippen molar-refractivity contribution in [2.45, 2.75) is 6.54 Å². The molecule has 6 heteroatoms. The molecule has 1 aromatic heterocycles. The molecule has 5 nitrogen and oxygen atoms in total. The first-order valence-corrected chi connectivity index (χ1v) is 4.08. The number of aromatic hydroxyl groups is 1. The highest BCUT2D eigenvalue weighted by molar-refractivity contribution is 7.71. The van der Waals surface area contributed by atoms with Gasteiger partial charge in [-0.2, -0.15) is 0 Å². The van der Waals surface area contributed by atoms with E-state index in [0.29, 0.717) is 13.2 Å². The SMILES string of the molecule is COCCn1c(O)cc(=O)[nH]c1=S. The zero-order valence-electron chi connectivity index (χ0n) is 7.11. The van der Waals surface area contributed by atoms with Crippen molar-refractivity contribution in [1.82, 2.24) is 9.55 Å². The van der Waals surface area contributed by atoms with E-state index in [1.165, 1.54) is 4.57 Å². The molecule has 1 heterocycles. The molecule has 13 heavy (non-hydrogen) atoms. The summed E-state index contributed by atoms with van der Waals surface area (Å²) in [5.74, 6) is -0.147. The van der Waals surface area contributed by atoms with Gasteiger partial charge in [0.05, 0.1) is 19.2 Å². The van der Waals surface area contributed by atoms with Crippen molar-refractivity contribution >= 4 is 12.2 Å². The molecule has 0 aliphatic carbocycles. The highest BCUT2D eigenvalue weighted by Crippen LogP contribution is 2.04. The van der Waals surface area contributed by atoms with Gasteiger partial charge in [0, 0.05) is 7.11 Å². The predicted octanol–water partition coefficient (Wildman–Crippen LogP) is 0.258. The summed E-state index contributed by atoms with van der Waals surface area (Å²) in [5.41, 5.74) is -0.406. The first-order valence-electron chi connectivity index (χ1n) is 3.67. The van der Waals surface area contributed by atoms with E-state index in [1.807, 2.05) is 0 Å². The number of aromatic nitrogens is 2. The fourth-order valence-corrected chi connectivity index (χ4v) is 1.19. The molecule has 0 radical (unpaired) electrons. The Morgan fingerprint density at radius 1 is 1.77 bits per heavy atom. The number of H-pyrrole nitrogens is 1. The molecule has 1 rings (SSSR count). The minimum absolute atomic E-state index is 0.147. The minimum atomic E-state index is -0.406. The molecule has 0 fully saturated rings. The summed E-state index contributed by atoms with van der Waals surface area (Å²) in [6.07, 6.45) is 0. The maximum atomic E-state index is 10.8. The zero-order chi connectivity index (χ0) is 9.84. The second-order valence-corrected chi connectivity index (χ2v) is 2.83. The Morgan fingerprint density at radius 3 is 3.00 bits per heavy atom. The molecule has 0 unspecified atom stereocenters. The Balaban J connectivity index is 3.07. The number of ether oxygens (including phenoxy) is 1. The molecular formula is C7H10N2O3S. The minimum Gasteiger partial charge on any atom is -0.494 e. The van der Waals surface area contributed by atoms with Crippen molar-refractivity contribution < 1.29 is 9.84 Å². The van der Waals surface area contributed by atoms with Gasteiger partial charge in [0.2, 0.25) is 0 Å². The van der Waals surface area contributed by atoms with Crippen LogP contribution in [0, 0.1) is 4.77 Å². The topological polar surface area (TPSA) is 67.2 Å². The Labute approximate surface area is 79.6 Å². The van der Waals surface area contributed by atoms with E-state index in [2.05, 4.69) is 4.98 Å². The van der Waals surface area contributed by atoms with Crippen LogP contribution in [0.4, 0.5) is 0 Å². The third kappa shape index (κ3) is 2.40. The number of hydrogen-bond acceptors (Lipinski definition) is 4. The maximum Gasteiger partial charge on any atom is 0.255 e. The van der Waals surface area contributed by atoms with Crippen molar-refractivity contribution in [2.24, 2.45) is 0 Å². The van der Waals surface area contributed by atoms with Crippen LogP contribution < -0.4 is 5.56 Å². The van der Waals surface area contributed by atoms with E-state index < -0.39 is 5.56 Å². The average Bonchev–Trinajstić information content (AvgIpc) is 2.02. The number of nitrogens with one attached hydrogen (secondary N) is 1. The molecule has 0 spiro atoms. The molecule has 0 bridgehead atoms. The largest absolute Gasteiger partial charge is 0.494 e. The molecule has 0 aromatic carbocycles. The van der Waals surface area contributed by atoms with E-state index >= 15 is 0 Å². The quantitative estimate of drug-likeness (QED) is 0.690. The van der Waals surface area contributed by atoms with Crippen molar-refractivity contribution in [3.8, 4) is 5.88 Å². The van der Waals surface area contributed by atoms with Crippen LogP contribution >= 0.6 is 12.2 Å². The van der Waals surface area contributed by atoms with Crippen LogP contribution in [-0.4, -0.2) is 28.4 Å². The highest BCUT2D eigenvalue weighted by Gasteiger charge is 2.00. The molecule has 2 N–H and O–H groups in total. The maximum absolute atomic E-state index is 10.8. The molecule has 0 saturated carbocycles. The Morgan fingerprint density at radius 2 is 2.46 bits per heavy atom. The molecular weight excluding hydrogens is 192 g/mol. The van der Waals surface area contributed by atoms with Crippen LogP contribution in [0.15, 0.2) is 10.9 Å². The number of hydrogen-bond donors (Lipinski definition) is 2. The first-order chi connectivity index (χ1) is 6.15. The van der Waals surface area contributed by atoms with Crippen LogP contribution in [0.25, 0.3) is 0 Å². The number of nitrogens with zero attached hydrogens (tertiary/aromatic N) is 1. The van der Waals surface area contributed by atoms with E-state index in [-0.39, 0.29) is 10.7 Å². The second-order valence-electron chi connectivity index (χ2n) is 2.44.